The molecule has 0 radical (unpaired) electrons. The standard InChI is InChI=1S/C2H7NO.2C2H4O2S/c3-1-2-4;2*3-2(4)1-5/h4H,1-3H2;2*5H,1H2,(H,3,4). The number of carboxylic acid groups (broad SMARTS) is 2. The number of hydrogen-bond acceptors (Lipinski definition) is 6. The lowest BCUT2D eigenvalue weighted by Crippen LogP contribution is -2.02. The van der Waals surface area contributed by atoms with E-state index in [2.05, 4.69) is 25.3 Å². The van der Waals surface area contributed by atoms with Crippen LogP contribution in [0.15, 0.2) is 0 Å². The maximum atomic E-state index is 9.29. The number of aliphatic hydroxyl groups is 1. The number of carboxylic acids is 2. The second-order valence-electron chi connectivity index (χ2n) is 1.62. The number of nitrogens with two attached hydrogens (primary N) is 1. The Morgan fingerprint density at radius 1 is 1.07 bits per heavy atom. The summed E-state index contributed by atoms with van der Waals surface area (Å²) in [5.74, 6) is -1.93. The average Bonchev–Trinajstić information content (AvgIpc) is 2.19. The van der Waals surface area contributed by atoms with Gasteiger partial charge >= 0.3 is 11.9 Å². The predicted octanol–water partition coefficient (Wildman–Crippen LogP) is -1.06. The minimum absolute atomic E-state index is 0.0833. The molecule has 0 aliphatic carbocycles. The predicted molar refractivity (Wildman–Crippen MR) is 59.1 cm³/mol. The minimum Gasteiger partial charge on any atom is -0.481 e. The molecule has 0 amide bonds. The van der Waals surface area contributed by atoms with Gasteiger partial charge in [0.15, 0.2) is 0 Å². The van der Waals surface area contributed by atoms with Gasteiger partial charge in [-0.1, -0.05) is 0 Å². The van der Waals surface area contributed by atoms with Crippen molar-refractivity contribution in [3.63, 3.8) is 0 Å². The van der Waals surface area contributed by atoms with Crippen LogP contribution in [-0.4, -0.2) is 51.9 Å². The lowest BCUT2D eigenvalue weighted by molar-refractivity contribution is -0.134. The summed E-state index contributed by atoms with van der Waals surface area (Å²) in [6.45, 7) is 0.472. The maximum Gasteiger partial charge on any atom is 0.313 e. The fourth-order valence-electron chi connectivity index (χ4n) is 0. The van der Waals surface area contributed by atoms with Gasteiger partial charge in [0.1, 0.15) is 0 Å². The van der Waals surface area contributed by atoms with Crippen molar-refractivity contribution in [1.82, 2.24) is 0 Å². The lowest BCUT2D eigenvalue weighted by Gasteiger charge is -1.71. The van der Waals surface area contributed by atoms with Crippen LogP contribution in [0.1, 0.15) is 0 Å². The monoisotopic (exact) mass is 245 g/mol. The molecule has 0 bridgehead atoms. The Balaban J connectivity index is -0.000000131. The Kier molecular flexibility index (Phi) is 25.2. The van der Waals surface area contributed by atoms with E-state index < -0.39 is 11.9 Å². The maximum absolute atomic E-state index is 9.29. The molecule has 0 spiro atoms. The molecule has 14 heavy (non-hydrogen) atoms. The summed E-state index contributed by atoms with van der Waals surface area (Å²) < 4.78 is 0. The molecule has 0 aromatic carbocycles. The summed E-state index contributed by atoms with van der Waals surface area (Å²) >= 11 is 6.83. The SMILES string of the molecule is NCCO.O=C(O)CS.O=C(O)CS. The molecular formula is C6H15NO5S2. The van der Waals surface area contributed by atoms with Gasteiger partial charge < -0.3 is 21.1 Å². The fourth-order valence-corrected chi connectivity index (χ4v) is 0. The molecule has 8 heteroatoms. The molecule has 0 aliphatic heterocycles. The van der Waals surface area contributed by atoms with E-state index >= 15 is 0 Å². The van der Waals surface area contributed by atoms with E-state index in [1.807, 2.05) is 0 Å². The number of rotatable bonds is 3. The zero-order chi connectivity index (χ0) is 12.0. The van der Waals surface area contributed by atoms with E-state index in [1.54, 1.807) is 0 Å². The van der Waals surface area contributed by atoms with Gasteiger partial charge in [0, 0.05) is 6.54 Å². The largest absolute Gasteiger partial charge is 0.481 e. The first kappa shape index (κ1) is 19.2. The van der Waals surface area contributed by atoms with Gasteiger partial charge in [-0.15, -0.1) is 0 Å². The molecule has 0 fully saturated rings. The van der Waals surface area contributed by atoms with Crippen molar-refractivity contribution in [1.29, 1.82) is 0 Å². The second-order valence-corrected chi connectivity index (χ2v) is 2.25. The Hall–Kier alpha value is -0.440. The summed E-state index contributed by atoms with van der Waals surface area (Å²) in [7, 11) is 0. The quantitative estimate of drug-likeness (QED) is 0.353. The van der Waals surface area contributed by atoms with Crippen LogP contribution >= 0.6 is 25.3 Å². The van der Waals surface area contributed by atoms with E-state index in [4.69, 9.17) is 21.1 Å². The van der Waals surface area contributed by atoms with Crippen molar-refractivity contribution in [2.45, 2.75) is 0 Å². The third-order valence-corrected chi connectivity index (χ3v) is 0.941. The highest BCUT2D eigenvalue weighted by Crippen LogP contribution is 1.66. The molecule has 0 aliphatic rings. The molecule has 86 valence electrons. The summed E-state index contributed by atoms with van der Waals surface area (Å²) in [5, 5.41) is 23.0. The van der Waals surface area contributed by atoms with E-state index in [1.165, 1.54) is 0 Å². The minimum atomic E-state index is -0.881. The Labute approximate surface area is 92.9 Å². The molecule has 0 atom stereocenters. The molecule has 0 rings (SSSR count). The van der Waals surface area contributed by atoms with Gasteiger partial charge in [-0.25, -0.2) is 0 Å². The number of aliphatic hydroxyl groups excluding tert-OH is 1. The van der Waals surface area contributed by atoms with Crippen LogP contribution in [0, 0.1) is 0 Å². The van der Waals surface area contributed by atoms with Crippen molar-refractivity contribution in [2.75, 3.05) is 24.7 Å². The smallest absolute Gasteiger partial charge is 0.313 e. The van der Waals surface area contributed by atoms with Crippen molar-refractivity contribution < 1.29 is 24.9 Å². The van der Waals surface area contributed by atoms with Crippen LogP contribution in [0.4, 0.5) is 0 Å². The lowest BCUT2D eigenvalue weighted by atomic mass is 10.8. The van der Waals surface area contributed by atoms with Gasteiger partial charge in [0.25, 0.3) is 0 Å². The molecule has 0 heterocycles. The number of hydrogen-bond donors (Lipinski definition) is 6. The Morgan fingerprint density at radius 2 is 1.21 bits per heavy atom. The first-order valence-electron chi connectivity index (χ1n) is 3.42. The van der Waals surface area contributed by atoms with Crippen LogP contribution in [0.2, 0.25) is 0 Å². The normalized spacial score (nSPS) is 7.43. The number of thiol groups is 2. The third kappa shape index (κ3) is 62.0. The number of carbonyl (C=O) groups is 2. The van der Waals surface area contributed by atoms with E-state index in [9.17, 15) is 9.59 Å². The molecular weight excluding hydrogens is 230 g/mol. The summed E-state index contributed by atoms with van der Waals surface area (Å²) in [4.78, 5) is 18.6. The van der Waals surface area contributed by atoms with Crippen LogP contribution in [0.25, 0.3) is 0 Å². The van der Waals surface area contributed by atoms with E-state index in [0.29, 0.717) is 6.54 Å². The van der Waals surface area contributed by atoms with Gasteiger partial charge in [-0.05, 0) is 0 Å². The average molecular weight is 245 g/mol. The van der Waals surface area contributed by atoms with Crippen LogP contribution in [-0.2, 0) is 9.59 Å². The Bertz CT molecular complexity index is 128. The van der Waals surface area contributed by atoms with Gasteiger partial charge in [-0.3, -0.25) is 9.59 Å². The van der Waals surface area contributed by atoms with Gasteiger partial charge in [-0.2, -0.15) is 25.3 Å². The number of aliphatic carboxylic acids is 2. The first-order chi connectivity index (χ1) is 6.45. The van der Waals surface area contributed by atoms with E-state index in [0.717, 1.165) is 0 Å². The summed E-state index contributed by atoms with van der Waals surface area (Å²) in [5.41, 5.74) is 4.78. The molecule has 6 nitrogen and oxygen atoms in total. The highest BCUT2D eigenvalue weighted by Gasteiger charge is 1.82. The molecule has 0 aromatic rings. The Morgan fingerprint density at radius 3 is 1.21 bits per heavy atom. The zero-order valence-electron chi connectivity index (χ0n) is 7.46. The summed E-state index contributed by atoms with van der Waals surface area (Å²) in [6.07, 6.45) is 0. The molecule has 5 N–H and O–H groups in total. The van der Waals surface area contributed by atoms with Crippen molar-refractivity contribution in [2.24, 2.45) is 5.73 Å². The van der Waals surface area contributed by atoms with Crippen molar-refractivity contribution in [3.8, 4) is 0 Å². The van der Waals surface area contributed by atoms with Gasteiger partial charge in [0.05, 0.1) is 18.1 Å². The molecule has 0 aromatic heterocycles. The molecule has 0 unspecified atom stereocenters. The molecule has 0 saturated carbocycles. The van der Waals surface area contributed by atoms with Gasteiger partial charge in [0.2, 0.25) is 0 Å². The van der Waals surface area contributed by atoms with E-state index in [-0.39, 0.29) is 18.1 Å². The topological polar surface area (TPSA) is 121 Å². The second kappa shape index (κ2) is 18.4. The van der Waals surface area contributed by atoms with Crippen LogP contribution < -0.4 is 5.73 Å². The van der Waals surface area contributed by atoms with Crippen LogP contribution in [0.3, 0.4) is 0 Å². The van der Waals surface area contributed by atoms with Crippen molar-refractivity contribution >= 4 is 37.2 Å². The summed E-state index contributed by atoms with van der Waals surface area (Å²) in [6, 6.07) is 0. The fraction of sp³-hybridized carbons (Fsp3) is 0.667. The highest BCUT2D eigenvalue weighted by molar-refractivity contribution is 7.81. The van der Waals surface area contributed by atoms with Crippen molar-refractivity contribution in [3.05, 3.63) is 0 Å². The zero-order valence-corrected chi connectivity index (χ0v) is 9.25. The highest BCUT2D eigenvalue weighted by atomic mass is 32.1. The first-order valence-corrected chi connectivity index (χ1v) is 4.68. The third-order valence-electron chi connectivity index (χ3n) is 0.400. The van der Waals surface area contributed by atoms with Crippen LogP contribution in [0.5, 0.6) is 0 Å². The molecule has 0 saturated heterocycles.